The first-order valence-corrected chi connectivity index (χ1v) is 11.1. The standard InChI is InChI=1S/C23H32O6/c1-12(24)28-14-7-8-21(2)13(9-14)5-6-15-19(21)17(25)11-22(3)16(20(26)27-4)10-18-23(15,22)29-18/h13-16,18-19H,5-11H2,1-4H3/t13-,14-,15-,16+,18+,19+,21+,22-,23+/m1/s1. The van der Waals surface area contributed by atoms with E-state index in [4.69, 9.17) is 14.2 Å². The van der Waals surface area contributed by atoms with Gasteiger partial charge >= 0.3 is 11.9 Å². The van der Waals surface area contributed by atoms with Crippen molar-refractivity contribution in [2.24, 2.45) is 34.5 Å². The van der Waals surface area contributed by atoms with Crippen molar-refractivity contribution in [1.82, 2.24) is 0 Å². The van der Waals surface area contributed by atoms with Gasteiger partial charge in [-0.1, -0.05) is 13.8 Å². The lowest BCUT2D eigenvalue weighted by Gasteiger charge is -2.59. The number of fused-ring (bicyclic) bond motifs is 3. The number of esters is 2. The van der Waals surface area contributed by atoms with Gasteiger partial charge in [-0.15, -0.1) is 0 Å². The minimum absolute atomic E-state index is 0.0194. The highest BCUT2D eigenvalue weighted by Crippen LogP contribution is 2.75. The van der Waals surface area contributed by atoms with Crippen LogP contribution in [0.4, 0.5) is 0 Å². The maximum absolute atomic E-state index is 13.6. The van der Waals surface area contributed by atoms with Crippen molar-refractivity contribution in [2.75, 3.05) is 7.11 Å². The Morgan fingerprint density at radius 1 is 1.14 bits per heavy atom. The molecular weight excluding hydrogens is 372 g/mol. The van der Waals surface area contributed by atoms with Crippen molar-refractivity contribution >= 4 is 17.7 Å². The number of methoxy groups -OCH3 is 1. The Balaban J connectivity index is 1.46. The SMILES string of the molecule is COC(=O)[C@@H]1C[C@@H]2O[C@@]23[C@@H]2CC[C@@H]4C[C@H](OC(C)=O)CC[C@]4(C)[C@@H]2C(=O)C[C@]13C. The van der Waals surface area contributed by atoms with Gasteiger partial charge in [0.15, 0.2) is 0 Å². The first-order chi connectivity index (χ1) is 13.7. The van der Waals surface area contributed by atoms with Gasteiger partial charge < -0.3 is 14.2 Å². The minimum atomic E-state index is -0.457. The number of carbonyl (C=O) groups is 3. The summed E-state index contributed by atoms with van der Waals surface area (Å²) in [5.74, 6) is 0.184. The van der Waals surface area contributed by atoms with Gasteiger partial charge in [0.25, 0.3) is 0 Å². The largest absolute Gasteiger partial charge is 0.469 e. The zero-order valence-corrected chi connectivity index (χ0v) is 17.9. The molecule has 1 spiro atoms. The summed E-state index contributed by atoms with van der Waals surface area (Å²) < 4.78 is 17.0. The number of hydrogen-bond donors (Lipinski definition) is 0. The molecule has 29 heavy (non-hydrogen) atoms. The monoisotopic (exact) mass is 404 g/mol. The Bertz CT molecular complexity index is 777. The van der Waals surface area contributed by atoms with E-state index in [-0.39, 0.29) is 52.9 Å². The van der Waals surface area contributed by atoms with Gasteiger partial charge in [0.1, 0.15) is 17.5 Å². The molecule has 0 radical (unpaired) electrons. The second kappa shape index (κ2) is 6.05. The molecule has 6 heteroatoms. The summed E-state index contributed by atoms with van der Waals surface area (Å²) in [6.45, 7) is 5.83. The van der Waals surface area contributed by atoms with Gasteiger partial charge in [0, 0.05) is 30.6 Å². The van der Waals surface area contributed by atoms with Crippen LogP contribution in [0.3, 0.4) is 0 Å². The van der Waals surface area contributed by atoms with Crippen LogP contribution in [0, 0.1) is 34.5 Å². The molecule has 4 aliphatic carbocycles. The second-order valence-electron chi connectivity index (χ2n) is 10.6. The Morgan fingerprint density at radius 3 is 2.59 bits per heavy atom. The van der Waals surface area contributed by atoms with Crippen LogP contribution in [0.25, 0.3) is 0 Å². The predicted octanol–water partition coefficient (Wildman–Crippen LogP) is 3.06. The maximum atomic E-state index is 13.6. The highest BCUT2D eigenvalue weighted by molar-refractivity contribution is 5.87. The molecule has 0 aromatic heterocycles. The summed E-state index contributed by atoms with van der Waals surface area (Å²) in [4.78, 5) is 37.5. The molecule has 1 heterocycles. The van der Waals surface area contributed by atoms with E-state index in [1.807, 2.05) is 0 Å². The van der Waals surface area contributed by atoms with Gasteiger partial charge in [0.05, 0.1) is 19.1 Å². The first kappa shape index (κ1) is 19.5. The quantitative estimate of drug-likeness (QED) is 0.520. The molecule has 160 valence electrons. The first-order valence-electron chi connectivity index (χ1n) is 11.1. The number of rotatable bonds is 2. The van der Waals surface area contributed by atoms with Crippen LogP contribution >= 0.6 is 0 Å². The van der Waals surface area contributed by atoms with Crippen molar-refractivity contribution in [3.63, 3.8) is 0 Å². The third kappa shape index (κ3) is 2.35. The van der Waals surface area contributed by atoms with E-state index in [2.05, 4.69) is 13.8 Å². The zero-order chi connectivity index (χ0) is 20.8. The van der Waals surface area contributed by atoms with Crippen LogP contribution in [-0.2, 0) is 28.6 Å². The van der Waals surface area contributed by atoms with Gasteiger partial charge in [0.2, 0.25) is 0 Å². The number of epoxide rings is 1. The summed E-state index contributed by atoms with van der Waals surface area (Å²) in [6.07, 6.45) is 5.69. The molecule has 1 saturated heterocycles. The van der Waals surface area contributed by atoms with E-state index in [0.717, 1.165) is 32.1 Å². The molecular formula is C23H32O6. The fourth-order valence-electron chi connectivity index (χ4n) is 8.30. The van der Waals surface area contributed by atoms with Gasteiger partial charge in [-0.2, -0.15) is 0 Å². The molecule has 0 N–H and O–H groups in total. The molecule has 1 aliphatic heterocycles. The van der Waals surface area contributed by atoms with E-state index in [9.17, 15) is 14.4 Å². The molecule has 5 rings (SSSR count). The number of carbonyl (C=O) groups excluding carboxylic acids is 3. The van der Waals surface area contributed by atoms with E-state index < -0.39 is 5.41 Å². The van der Waals surface area contributed by atoms with E-state index >= 15 is 0 Å². The minimum Gasteiger partial charge on any atom is -0.469 e. The summed E-state index contributed by atoms with van der Waals surface area (Å²) in [5, 5.41) is 0. The Hall–Kier alpha value is -1.43. The highest BCUT2D eigenvalue weighted by atomic mass is 16.6. The summed E-state index contributed by atoms with van der Waals surface area (Å²) >= 11 is 0. The fraction of sp³-hybridized carbons (Fsp3) is 0.870. The van der Waals surface area contributed by atoms with Crippen LogP contribution in [0.5, 0.6) is 0 Å². The van der Waals surface area contributed by atoms with Crippen LogP contribution in [0.15, 0.2) is 0 Å². The molecule has 4 saturated carbocycles. The molecule has 5 fully saturated rings. The van der Waals surface area contributed by atoms with Crippen LogP contribution in [-0.4, -0.2) is 42.6 Å². The normalized spacial score (nSPS) is 52.5. The molecule has 6 nitrogen and oxygen atoms in total. The number of ether oxygens (including phenoxy) is 3. The third-order valence-corrected chi connectivity index (χ3v) is 9.55. The molecule has 0 unspecified atom stereocenters. The number of Topliss-reactive ketones (excluding diaryl/α,β-unsaturated/α-hetero) is 1. The Labute approximate surface area is 172 Å². The average Bonchev–Trinajstić information content (AvgIpc) is 3.32. The van der Waals surface area contributed by atoms with E-state index in [1.54, 1.807) is 0 Å². The molecule has 0 amide bonds. The summed E-state index contributed by atoms with van der Waals surface area (Å²) in [7, 11) is 1.43. The molecule has 0 aromatic carbocycles. The Morgan fingerprint density at radius 2 is 1.90 bits per heavy atom. The van der Waals surface area contributed by atoms with Crippen LogP contribution in [0.1, 0.15) is 65.7 Å². The van der Waals surface area contributed by atoms with Crippen molar-refractivity contribution in [3.05, 3.63) is 0 Å². The van der Waals surface area contributed by atoms with Crippen molar-refractivity contribution < 1.29 is 28.6 Å². The summed E-state index contributed by atoms with van der Waals surface area (Å²) in [5.41, 5.74) is -0.876. The molecule has 0 bridgehead atoms. The van der Waals surface area contributed by atoms with Crippen LogP contribution in [0.2, 0.25) is 0 Å². The van der Waals surface area contributed by atoms with Gasteiger partial charge in [-0.25, -0.2) is 0 Å². The van der Waals surface area contributed by atoms with Gasteiger partial charge in [-0.3, -0.25) is 14.4 Å². The van der Waals surface area contributed by atoms with Crippen molar-refractivity contribution in [2.45, 2.75) is 83.5 Å². The fourth-order valence-corrected chi connectivity index (χ4v) is 8.30. The maximum Gasteiger partial charge on any atom is 0.309 e. The molecule has 5 aliphatic rings. The zero-order valence-electron chi connectivity index (χ0n) is 17.9. The lowest BCUT2D eigenvalue weighted by molar-refractivity contribution is -0.179. The summed E-state index contributed by atoms with van der Waals surface area (Å²) in [6, 6.07) is 0. The predicted molar refractivity (Wildman–Crippen MR) is 103 cm³/mol. The van der Waals surface area contributed by atoms with Crippen molar-refractivity contribution in [3.8, 4) is 0 Å². The second-order valence-corrected chi connectivity index (χ2v) is 10.6. The number of hydrogen-bond acceptors (Lipinski definition) is 6. The van der Waals surface area contributed by atoms with Crippen molar-refractivity contribution in [1.29, 1.82) is 0 Å². The highest BCUT2D eigenvalue weighted by Gasteiger charge is 2.83. The third-order valence-electron chi connectivity index (χ3n) is 9.55. The van der Waals surface area contributed by atoms with E-state index in [0.29, 0.717) is 24.5 Å². The van der Waals surface area contributed by atoms with E-state index in [1.165, 1.54) is 14.0 Å². The lowest BCUT2D eigenvalue weighted by atomic mass is 9.44. The number of ketones is 1. The van der Waals surface area contributed by atoms with Crippen LogP contribution < -0.4 is 0 Å². The molecule has 9 atom stereocenters. The topological polar surface area (TPSA) is 82.2 Å². The molecule has 0 aromatic rings. The average molecular weight is 405 g/mol. The van der Waals surface area contributed by atoms with Gasteiger partial charge in [-0.05, 0) is 49.9 Å². The lowest BCUT2D eigenvalue weighted by Crippen LogP contribution is -2.62. The Kier molecular flexibility index (Phi) is 4.08. The smallest absolute Gasteiger partial charge is 0.309 e.